The van der Waals surface area contributed by atoms with E-state index in [1.807, 2.05) is 24.3 Å². The molecule has 0 saturated carbocycles. The van der Waals surface area contributed by atoms with Gasteiger partial charge in [-0.25, -0.2) is 0 Å². The molecule has 0 bridgehead atoms. The van der Waals surface area contributed by atoms with Crippen molar-refractivity contribution in [2.45, 2.75) is 13.0 Å². The third-order valence-corrected chi connectivity index (χ3v) is 1.95. The van der Waals surface area contributed by atoms with Crippen molar-refractivity contribution in [1.29, 1.82) is 5.41 Å². The summed E-state index contributed by atoms with van der Waals surface area (Å²) in [6.07, 6.45) is 2.71. The fourth-order valence-corrected chi connectivity index (χ4v) is 1.28. The predicted octanol–water partition coefficient (Wildman–Crippen LogP) is 1.40. The van der Waals surface area contributed by atoms with Crippen molar-refractivity contribution in [2.24, 2.45) is 5.73 Å². The zero-order valence-electron chi connectivity index (χ0n) is 8.09. The average molecular weight is 189 g/mol. The van der Waals surface area contributed by atoms with Crippen LogP contribution in [0.1, 0.15) is 11.1 Å². The smallest absolute Gasteiger partial charge is 0.185 e. The Balaban J connectivity index is 2.73. The molecule has 74 valence electrons. The highest BCUT2D eigenvalue weighted by molar-refractivity contribution is 5.74. The van der Waals surface area contributed by atoms with E-state index >= 15 is 0 Å². The summed E-state index contributed by atoms with van der Waals surface area (Å²) in [6, 6.07) is 8.05. The lowest BCUT2D eigenvalue weighted by Crippen LogP contribution is -2.29. The van der Waals surface area contributed by atoms with Crippen LogP contribution in [0.2, 0.25) is 0 Å². The van der Waals surface area contributed by atoms with E-state index in [2.05, 4.69) is 18.0 Å². The molecule has 0 saturated heterocycles. The van der Waals surface area contributed by atoms with Crippen molar-refractivity contribution in [2.75, 3.05) is 0 Å². The van der Waals surface area contributed by atoms with Gasteiger partial charge < -0.3 is 11.1 Å². The summed E-state index contributed by atoms with van der Waals surface area (Å²) in [5, 5.41) is 9.85. The second kappa shape index (κ2) is 5.07. The van der Waals surface area contributed by atoms with Crippen molar-refractivity contribution in [3.05, 3.63) is 48.0 Å². The first kappa shape index (κ1) is 10.3. The van der Waals surface area contributed by atoms with Gasteiger partial charge in [-0.15, -0.1) is 6.58 Å². The molecule has 0 aliphatic carbocycles. The number of hydrogen-bond acceptors (Lipinski definition) is 1. The normalized spacial score (nSPS) is 9.43. The maximum atomic E-state index is 7.06. The third-order valence-electron chi connectivity index (χ3n) is 1.95. The Morgan fingerprint density at radius 3 is 2.64 bits per heavy atom. The minimum atomic E-state index is -0.00148. The first-order chi connectivity index (χ1) is 6.74. The van der Waals surface area contributed by atoms with Gasteiger partial charge in [0.25, 0.3) is 0 Å². The second-order valence-corrected chi connectivity index (χ2v) is 3.03. The molecule has 14 heavy (non-hydrogen) atoms. The molecule has 0 amide bonds. The molecule has 0 aliphatic heterocycles. The number of rotatable bonds is 4. The van der Waals surface area contributed by atoms with Crippen molar-refractivity contribution in [3.8, 4) is 0 Å². The Hall–Kier alpha value is -1.77. The van der Waals surface area contributed by atoms with E-state index in [0.717, 1.165) is 12.0 Å². The summed E-state index contributed by atoms with van der Waals surface area (Å²) in [7, 11) is 0. The summed E-state index contributed by atoms with van der Waals surface area (Å²) < 4.78 is 0. The molecule has 1 rings (SSSR count). The largest absolute Gasteiger partial charge is 0.370 e. The summed E-state index contributed by atoms with van der Waals surface area (Å²) >= 11 is 0. The van der Waals surface area contributed by atoms with E-state index in [0.29, 0.717) is 6.54 Å². The van der Waals surface area contributed by atoms with Crippen LogP contribution in [0.4, 0.5) is 0 Å². The number of allylic oxidation sites excluding steroid dienone is 1. The van der Waals surface area contributed by atoms with Crippen LogP contribution in [-0.4, -0.2) is 5.96 Å². The van der Waals surface area contributed by atoms with E-state index in [-0.39, 0.29) is 5.96 Å². The predicted molar refractivity (Wildman–Crippen MR) is 59.1 cm³/mol. The van der Waals surface area contributed by atoms with Crippen LogP contribution < -0.4 is 11.1 Å². The second-order valence-electron chi connectivity index (χ2n) is 3.03. The van der Waals surface area contributed by atoms with E-state index in [1.54, 1.807) is 0 Å². The molecule has 4 N–H and O–H groups in total. The van der Waals surface area contributed by atoms with Crippen LogP contribution in [0.5, 0.6) is 0 Å². The zero-order chi connectivity index (χ0) is 10.4. The van der Waals surface area contributed by atoms with Gasteiger partial charge in [-0.05, 0) is 17.5 Å². The average Bonchev–Trinajstić information content (AvgIpc) is 2.17. The quantitative estimate of drug-likeness (QED) is 0.381. The van der Waals surface area contributed by atoms with Crippen molar-refractivity contribution in [3.63, 3.8) is 0 Å². The molecule has 0 unspecified atom stereocenters. The molecule has 0 radical (unpaired) electrons. The number of benzene rings is 1. The van der Waals surface area contributed by atoms with Crippen molar-refractivity contribution in [1.82, 2.24) is 5.32 Å². The Bertz CT molecular complexity index is 331. The van der Waals surface area contributed by atoms with Crippen LogP contribution in [-0.2, 0) is 13.0 Å². The Kier molecular flexibility index (Phi) is 3.73. The van der Waals surface area contributed by atoms with Crippen molar-refractivity contribution < 1.29 is 0 Å². The number of hydrogen-bond donors (Lipinski definition) is 3. The van der Waals surface area contributed by atoms with E-state index in [1.165, 1.54) is 5.56 Å². The van der Waals surface area contributed by atoms with Crippen LogP contribution in [0.3, 0.4) is 0 Å². The molecule has 3 heteroatoms. The monoisotopic (exact) mass is 189 g/mol. The fourth-order valence-electron chi connectivity index (χ4n) is 1.28. The Labute approximate surface area is 84.1 Å². The Morgan fingerprint density at radius 1 is 1.43 bits per heavy atom. The molecule has 1 aromatic rings. The van der Waals surface area contributed by atoms with Gasteiger partial charge in [0, 0.05) is 6.54 Å². The molecule has 0 heterocycles. The van der Waals surface area contributed by atoms with Gasteiger partial charge >= 0.3 is 0 Å². The lowest BCUT2D eigenvalue weighted by atomic mass is 10.0. The SMILES string of the molecule is C=CCc1ccccc1CNC(=N)N. The third kappa shape index (κ3) is 2.94. The van der Waals surface area contributed by atoms with Crippen LogP contribution >= 0.6 is 0 Å². The fraction of sp³-hybridized carbons (Fsp3) is 0.182. The molecular formula is C11H15N3. The van der Waals surface area contributed by atoms with E-state index < -0.39 is 0 Å². The highest BCUT2D eigenvalue weighted by Crippen LogP contribution is 2.09. The van der Waals surface area contributed by atoms with E-state index in [9.17, 15) is 0 Å². The van der Waals surface area contributed by atoms with Gasteiger partial charge in [0.05, 0.1) is 0 Å². The van der Waals surface area contributed by atoms with Crippen LogP contribution in [0, 0.1) is 5.41 Å². The maximum absolute atomic E-state index is 7.06. The van der Waals surface area contributed by atoms with E-state index in [4.69, 9.17) is 11.1 Å². The van der Waals surface area contributed by atoms with Gasteiger partial charge in [-0.3, -0.25) is 5.41 Å². The first-order valence-electron chi connectivity index (χ1n) is 4.49. The number of guanidine groups is 1. The zero-order valence-corrected chi connectivity index (χ0v) is 8.09. The summed E-state index contributed by atoms with van der Waals surface area (Å²) in [5.74, 6) is -0.00148. The first-order valence-corrected chi connectivity index (χ1v) is 4.49. The van der Waals surface area contributed by atoms with Gasteiger partial charge in [0.15, 0.2) is 5.96 Å². The Morgan fingerprint density at radius 2 is 2.07 bits per heavy atom. The van der Waals surface area contributed by atoms with Gasteiger partial charge in [-0.1, -0.05) is 30.3 Å². The summed E-state index contributed by atoms with van der Waals surface area (Å²) in [5.41, 5.74) is 7.59. The summed E-state index contributed by atoms with van der Waals surface area (Å²) in [4.78, 5) is 0. The van der Waals surface area contributed by atoms with Gasteiger partial charge in [0.1, 0.15) is 0 Å². The molecule has 0 atom stereocenters. The number of nitrogens with two attached hydrogens (primary N) is 1. The highest BCUT2D eigenvalue weighted by Gasteiger charge is 1.99. The number of nitrogens with one attached hydrogen (secondary N) is 2. The molecular weight excluding hydrogens is 174 g/mol. The molecule has 0 aromatic heterocycles. The highest BCUT2D eigenvalue weighted by atomic mass is 15.0. The van der Waals surface area contributed by atoms with Crippen molar-refractivity contribution >= 4 is 5.96 Å². The minimum Gasteiger partial charge on any atom is -0.370 e. The molecule has 1 aromatic carbocycles. The minimum absolute atomic E-state index is 0.00148. The summed E-state index contributed by atoms with van der Waals surface area (Å²) in [6.45, 7) is 4.30. The standard InChI is InChI=1S/C11H15N3/c1-2-5-9-6-3-4-7-10(9)8-14-11(12)13/h2-4,6-7H,1,5,8H2,(H4,12,13,14). The lowest BCUT2D eigenvalue weighted by molar-refractivity contribution is 0.883. The van der Waals surface area contributed by atoms with Gasteiger partial charge in [-0.2, -0.15) is 0 Å². The molecule has 0 aliphatic rings. The van der Waals surface area contributed by atoms with Crippen LogP contribution in [0.15, 0.2) is 36.9 Å². The molecule has 3 nitrogen and oxygen atoms in total. The lowest BCUT2D eigenvalue weighted by Gasteiger charge is -2.08. The topological polar surface area (TPSA) is 61.9 Å². The molecule has 0 fully saturated rings. The van der Waals surface area contributed by atoms with Crippen LogP contribution in [0.25, 0.3) is 0 Å². The maximum Gasteiger partial charge on any atom is 0.185 e. The van der Waals surface area contributed by atoms with Gasteiger partial charge in [0.2, 0.25) is 0 Å². The molecule has 0 spiro atoms.